The summed E-state index contributed by atoms with van der Waals surface area (Å²) in [6.45, 7) is 6.50. The highest BCUT2D eigenvalue weighted by molar-refractivity contribution is 5.64. The number of hydrogen-bond donors (Lipinski definition) is 1. The highest BCUT2D eigenvalue weighted by atomic mass is 16.5. The standard InChI is InChI=1S/C9H17NO3/c1-7-5-10(4-3-9(11)12)6-8(2)13-7/h7-8H,3-6H2,1-2H3,(H,11,12)/t7-,8-/m0/s1. The van der Waals surface area contributed by atoms with E-state index in [1.54, 1.807) is 0 Å². The summed E-state index contributed by atoms with van der Waals surface area (Å²) in [5.74, 6) is -0.959. The van der Waals surface area contributed by atoms with Gasteiger partial charge in [-0.1, -0.05) is 0 Å². The van der Waals surface area contributed by atoms with Crippen LogP contribution in [0.15, 0.2) is 0 Å². The normalized spacial score (nSPS) is 34.5. The van der Waals surface area contributed by atoms with Gasteiger partial charge in [-0.15, -0.1) is 0 Å². The molecule has 1 aliphatic rings. The molecule has 76 valence electrons. The van der Waals surface area contributed by atoms with E-state index < -0.39 is 5.97 Å². The van der Waals surface area contributed by atoms with Crippen LogP contribution in [0.4, 0.5) is 0 Å². The van der Waals surface area contributed by atoms with Crippen molar-refractivity contribution in [2.75, 3.05) is 19.6 Å². The summed E-state index contributed by atoms with van der Waals surface area (Å²) in [4.78, 5) is 11.6. The quantitative estimate of drug-likeness (QED) is 0.546. The summed E-state index contributed by atoms with van der Waals surface area (Å²) >= 11 is 0. The minimum Gasteiger partial charge on any atom is -0.550 e. The highest BCUT2D eigenvalue weighted by Gasteiger charge is 2.24. The van der Waals surface area contributed by atoms with Gasteiger partial charge in [-0.05, 0) is 13.8 Å². The molecule has 0 amide bonds. The van der Waals surface area contributed by atoms with Crippen LogP contribution in [0, 0.1) is 0 Å². The lowest BCUT2D eigenvalue weighted by atomic mass is 10.2. The van der Waals surface area contributed by atoms with E-state index in [0.29, 0.717) is 6.54 Å². The van der Waals surface area contributed by atoms with E-state index in [1.807, 2.05) is 13.8 Å². The Hall–Kier alpha value is -0.610. The Kier molecular flexibility index (Phi) is 3.69. The van der Waals surface area contributed by atoms with Crippen molar-refractivity contribution in [1.82, 2.24) is 0 Å². The van der Waals surface area contributed by atoms with E-state index in [2.05, 4.69) is 0 Å². The molecule has 0 aliphatic carbocycles. The molecule has 1 fully saturated rings. The first-order valence-electron chi connectivity index (χ1n) is 4.77. The second-order valence-electron chi connectivity index (χ2n) is 3.79. The zero-order valence-corrected chi connectivity index (χ0v) is 8.21. The van der Waals surface area contributed by atoms with Gasteiger partial charge in [-0.3, -0.25) is 0 Å². The molecule has 0 aromatic heterocycles. The average molecular weight is 187 g/mol. The fourth-order valence-corrected chi connectivity index (χ4v) is 1.87. The maximum Gasteiger partial charge on any atom is 0.104 e. The van der Waals surface area contributed by atoms with Gasteiger partial charge >= 0.3 is 0 Å². The van der Waals surface area contributed by atoms with Crippen LogP contribution in [0.25, 0.3) is 0 Å². The van der Waals surface area contributed by atoms with Crippen molar-refractivity contribution in [3.05, 3.63) is 0 Å². The molecule has 0 bridgehead atoms. The zero-order chi connectivity index (χ0) is 9.84. The summed E-state index contributed by atoms with van der Waals surface area (Å²) in [6, 6.07) is 0. The number of carbonyl (C=O) groups is 1. The SMILES string of the molecule is C[C@H]1C[NH+](CCC(=O)[O-])C[C@H](C)O1. The smallest absolute Gasteiger partial charge is 0.104 e. The van der Waals surface area contributed by atoms with Crippen LogP contribution in [0.3, 0.4) is 0 Å². The molecule has 0 spiro atoms. The highest BCUT2D eigenvalue weighted by Crippen LogP contribution is 1.98. The lowest BCUT2D eigenvalue weighted by Gasteiger charge is -2.32. The van der Waals surface area contributed by atoms with Crippen molar-refractivity contribution in [2.45, 2.75) is 32.5 Å². The molecule has 1 heterocycles. The topological polar surface area (TPSA) is 53.8 Å². The molecule has 0 aromatic carbocycles. The second kappa shape index (κ2) is 4.58. The first kappa shape index (κ1) is 10.5. The van der Waals surface area contributed by atoms with E-state index in [-0.39, 0.29) is 18.6 Å². The fraction of sp³-hybridized carbons (Fsp3) is 0.889. The number of aliphatic carboxylic acids is 1. The summed E-state index contributed by atoms with van der Waals surface area (Å²) in [6.07, 6.45) is 0.621. The van der Waals surface area contributed by atoms with Gasteiger partial charge in [0.25, 0.3) is 0 Å². The Morgan fingerprint density at radius 3 is 2.46 bits per heavy atom. The van der Waals surface area contributed by atoms with E-state index in [0.717, 1.165) is 13.1 Å². The van der Waals surface area contributed by atoms with Gasteiger partial charge in [0.05, 0.1) is 6.54 Å². The van der Waals surface area contributed by atoms with Crippen molar-refractivity contribution >= 4 is 5.97 Å². The Balaban J connectivity index is 2.28. The number of quaternary nitrogens is 1. The molecule has 0 saturated carbocycles. The zero-order valence-electron chi connectivity index (χ0n) is 8.21. The van der Waals surface area contributed by atoms with Crippen LogP contribution in [0.5, 0.6) is 0 Å². The van der Waals surface area contributed by atoms with Gasteiger partial charge in [-0.2, -0.15) is 0 Å². The third kappa shape index (κ3) is 3.74. The number of ether oxygens (including phenoxy) is 1. The van der Waals surface area contributed by atoms with Crippen molar-refractivity contribution < 1.29 is 19.5 Å². The van der Waals surface area contributed by atoms with Gasteiger partial charge < -0.3 is 19.5 Å². The molecule has 4 heteroatoms. The summed E-state index contributed by atoms with van der Waals surface area (Å²) < 4.78 is 5.54. The molecule has 0 unspecified atom stereocenters. The summed E-state index contributed by atoms with van der Waals surface area (Å²) in [5, 5.41) is 10.2. The first-order valence-corrected chi connectivity index (χ1v) is 4.77. The average Bonchev–Trinajstić information content (AvgIpc) is 1.99. The lowest BCUT2D eigenvalue weighted by molar-refractivity contribution is -0.914. The molecule has 1 aliphatic heterocycles. The van der Waals surface area contributed by atoms with Gasteiger partial charge in [0.15, 0.2) is 0 Å². The van der Waals surface area contributed by atoms with Crippen molar-refractivity contribution in [1.29, 1.82) is 0 Å². The van der Waals surface area contributed by atoms with Gasteiger partial charge in [0, 0.05) is 12.4 Å². The molecule has 4 nitrogen and oxygen atoms in total. The Labute approximate surface area is 78.5 Å². The van der Waals surface area contributed by atoms with Crippen molar-refractivity contribution in [2.24, 2.45) is 0 Å². The summed E-state index contributed by atoms with van der Waals surface area (Å²) in [5.41, 5.74) is 0. The van der Waals surface area contributed by atoms with Crippen LogP contribution in [-0.4, -0.2) is 37.8 Å². The predicted octanol–water partition coefficient (Wildman–Crippen LogP) is -2.18. The van der Waals surface area contributed by atoms with Crippen molar-refractivity contribution in [3.63, 3.8) is 0 Å². The number of carboxylic acid groups (broad SMARTS) is 1. The molecule has 1 saturated heterocycles. The monoisotopic (exact) mass is 187 g/mol. The molecular weight excluding hydrogens is 170 g/mol. The first-order chi connectivity index (χ1) is 6.08. The Morgan fingerprint density at radius 2 is 2.00 bits per heavy atom. The van der Waals surface area contributed by atoms with E-state index in [4.69, 9.17) is 4.74 Å². The lowest BCUT2D eigenvalue weighted by Crippen LogP contribution is -3.15. The number of carboxylic acids is 1. The van der Waals surface area contributed by atoms with Gasteiger partial charge in [-0.25, -0.2) is 0 Å². The third-order valence-electron chi connectivity index (χ3n) is 2.30. The Morgan fingerprint density at radius 1 is 1.46 bits per heavy atom. The molecule has 0 radical (unpaired) electrons. The number of carbonyl (C=O) groups excluding carboxylic acids is 1. The van der Waals surface area contributed by atoms with E-state index in [9.17, 15) is 9.90 Å². The van der Waals surface area contributed by atoms with Crippen LogP contribution in [0.1, 0.15) is 20.3 Å². The minimum absolute atomic E-state index is 0.148. The molecule has 2 atom stereocenters. The van der Waals surface area contributed by atoms with Gasteiger partial charge in [0.1, 0.15) is 25.3 Å². The maximum atomic E-state index is 10.2. The Bertz CT molecular complexity index is 174. The number of rotatable bonds is 3. The second-order valence-corrected chi connectivity index (χ2v) is 3.79. The van der Waals surface area contributed by atoms with Crippen LogP contribution in [0.2, 0.25) is 0 Å². The van der Waals surface area contributed by atoms with Gasteiger partial charge in [0.2, 0.25) is 0 Å². The molecular formula is C9H17NO3. The fourth-order valence-electron chi connectivity index (χ4n) is 1.87. The molecule has 1 rings (SSSR count). The van der Waals surface area contributed by atoms with Crippen LogP contribution < -0.4 is 10.0 Å². The van der Waals surface area contributed by atoms with Crippen LogP contribution in [-0.2, 0) is 9.53 Å². The predicted molar refractivity (Wildman–Crippen MR) is 45.2 cm³/mol. The number of hydrogen-bond acceptors (Lipinski definition) is 3. The number of morpholine rings is 1. The molecule has 1 N–H and O–H groups in total. The number of nitrogens with one attached hydrogen (secondary N) is 1. The largest absolute Gasteiger partial charge is 0.550 e. The van der Waals surface area contributed by atoms with E-state index in [1.165, 1.54) is 4.90 Å². The van der Waals surface area contributed by atoms with Crippen LogP contribution >= 0.6 is 0 Å². The summed E-state index contributed by atoms with van der Waals surface area (Å²) in [7, 11) is 0. The minimum atomic E-state index is -0.959. The van der Waals surface area contributed by atoms with E-state index >= 15 is 0 Å². The third-order valence-corrected chi connectivity index (χ3v) is 2.30. The molecule has 13 heavy (non-hydrogen) atoms. The molecule has 0 aromatic rings. The maximum absolute atomic E-state index is 10.2. The van der Waals surface area contributed by atoms with Crippen molar-refractivity contribution in [3.8, 4) is 0 Å².